The average molecular weight is 385 g/mol. The van der Waals surface area contributed by atoms with E-state index in [2.05, 4.69) is 16.0 Å². The molecule has 0 fully saturated rings. The van der Waals surface area contributed by atoms with Crippen LogP contribution >= 0.6 is 11.6 Å². The lowest BCUT2D eigenvalue weighted by Crippen LogP contribution is -2.38. The first-order valence-electron chi connectivity index (χ1n) is 8.60. The summed E-state index contributed by atoms with van der Waals surface area (Å²) in [6, 6.07) is 7.63. The maximum absolute atomic E-state index is 12.7. The molecule has 0 spiro atoms. The summed E-state index contributed by atoms with van der Waals surface area (Å²) in [6.07, 6.45) is 1.12. The molecule has 0 bridgehead atoms. The van der Waals surface area contributed by atoms with Gasteiger partial charge < -0.3 is 4.74 Å². The number of carbonyl (C=O) groups excluding carboxylic acids is 1. The Balaban J connectivity index is 2.14. The molecule has 2 aromatic rings. The fourth-order valence-corrected chi connectivity index (χ4v) is 3.35. The Bertz CT molecular complexity index is 957. The van der Waals surface area contributed by atoms with Crippen LogP contribution in [0.25, 0.3) is 11.3 Å². The predicted octanol–water partition coefficient (Wildman–Crippen LogP) is 4.70. The monoisotopic (exact) mass is 384 g/mol. The van der Waals surface area contributed by atoms with E-state index in [4.69, 9.17) is 16.3 Å². The summed E-state index contributed by atoms with van der Waals surface area (Å²) in [5.74, 6) is 0. The van der Waals surface area contributed by atoms with E-state index in [-0.39, 0.29) is 10.7 Å². The summed E-state index contributed by atoms with van der Waals surface area (Å²) < 4.78 is 5.54. The van der Waals surface area contributed by atoms with Gasteiger partial charge in [-0.1, -0.05) is 13.8 Å². The minimum absolute atomic E-state index is 0.140. The summed E-state index contributed by atoms with van der Waals surface area (Å²) in [5, 5.41) is 9.88. The Kier molecular flexibility index (Phi) is 4.61. The van der Waals surface area contributed by atoms with Crippen molar-refractivity contribution in [2.45, 2.75) is 45.6 Å². The first kappa shape index (κ1) is 19.1. The molecule has 0 radical (unpaired) electrons. The van der Waals surface area contributed by atoms with Gasteiger partial charge in [0.15, 0.2) is 0 Å². The van der Waals surface area contributed by atoms with Gasteiger partial charge in [-0.15, -0.1) is 0 Å². The van der Waals surface area contributed by atoms with E-state index < -0.39 is 11.7 Å². The second-order valence-corrected chi connectivity index (χ2v) is 8.53. The highest BCUT2D eigenvalue weighted by atomic mass is 35.5. The molecule has 3 rings (SSSR count). The number of ether oxygens (including phenoxy) is 1. The van der Waals surface area contributed by atoms with Crippen molar-refractivity contribution in [3.63, 3.8) is 0 Å². The van der Waals surface area contributed by atoms with Crippen molar-refractivity contribution in [1.29, 1.82) is 5.26 Å². The maximum Gasteiger partial charge on any atom is 0.414 e. The van der Waals surface area contributed by atoms with Crippen LogP contribution in [-0.2, 0) is 10.2 Å². The number of fused-ring (bicyclic) bond motifs is 1. The predicted molar refractivity (Wildman–Crippen MR) is 104 cm³/mol. The highest BCUT2D eigenvalue weighted by Gasteiger charge is 2.41. The summed E-state index contributed by atoms with van der Waals surface area (Å²) in [6.45, 7) is 9.96. The van der Waals surface area contributed by atoms with Gasteiger partial charge in [-0.25, -0.2) is 14.8 Å². The molecule has 0 saturated heterocycles. The van der Waals surface area contributed by atoms with Crippen LogP contribution in [0.4, 0.5) is 10.5 Å². The average Bonchev–Trinajstić information content (AvgIpc) is 2.84. The van der Waals surface area contributed by atoms with E-state index in [0.717, 1.165) is 11.1 Å². The molecule has 6 nitrogen and oxygen atoms in total. The van der Waals surface area contributed by atoms with Gasteiger partial charge in [-0.05, 0) is 56.1 Å². The van der Waals surface area contributed by atoms with Gasteiger partial charge in [0.25, 0.3) is 0 Å². The number of hydrogen-bond acceptors (Lipinski definition) is 5. The van der Waals surface area contributed by atoms with E-state index >= 15 is 0 Å². The SMILES string of the molecule is CC(C)(C)OC(=O)N1CC(C)(C)c2cc(-c3ccnc(Cl)n3)cc(C#N)c21. The van der Waals surface area contributed by atoms with Gasteiger partial charge in [-0.3, -0.25) is 4.90 Å². The van der Waals surface area contributed by atoms with E-state index in [1.165, 1.54) is 0 Å². The van der Waals surface area contributed by atoms with Crippen molar-refractivity contribution in [3.8, 4) is 17.3 Å². The van der Waals surface area contributed by atoms with E-state index in [1.54, 1.807) is 23.2 Å². The molecule has 0 saturated carbocycles. The summed E-state index contributed by atoms with van der Waals surface area (Å²) in [5.41, 5.74) is 2.32. The van der Waals surface area contributed by atoms with Gasteiger partial charge in [0, 0.05) is 23.7 Å². The number of amides is 1. The van der Waals surface area contributed by atoms with Crippen molar-refractivity contribution in [1.82, 2.24) is 9.97 Å². The lowest BCUT2D eigenvalue weighted by Gasteiger charge is -2.26. The Labute approximate surface area is 163 Å². The Morgan fingerprint density at radius 2 is 2.07 bits per heavy atom. The first-order chi connectivity index (χ1) is 12.5. The molecule has 1 aliphatic rings. The van der Waals surface area contributed by atoms with Crippen LogP contribution in [0, 0.1) is 11.3 Å². The van der Waals surface area contributed by atoms with Crippen LogP contribution in [0.15, 0.2) is 24.4 Å². The Morgan fingerprint density at radius 1 is 1.37 bits per heavy atom. The lowest BCUT2D eigenvalue weighted by molar-refractivity contribution is 0.0579. The van der Waals surface area contributed by atoms with E-state index in [0.29, 0.717) is 23.5 Å². The van der Waals surface area contributed by atoms with Gasteiger partial charge >= 0.3 is 6.09 Å². The molecule has 27 heavy (non-hydrogen) atoms. The third kappa shape index (κ3) is 3.74. The van der Waals surface area contributed by atoms with Gasteiger partial charge in [0.1, 0.15) is 11.7 Å². The fourth-order valence-electron chi connectivity index (χ4n) is 3.20. The summed E-state index contributed by atoms with van der Waals surface area (Å²) in [7, 11) is 0. The molecule has 0 unspecified atom stereocenters. The Morgan fingerprint density at radius 3 is 2.67 bits per heavy atom. The number of carbonyl (C=O) groups is 1. The number of rotatable bonds is 1. The zero-order chi connectivity index (χ0) is 20.0. The second-order valence-electron chi connectivity index (χ2n) is 8.19. The molecule has 0 atom stereocenters. The number of aromatic nitrogens is 2. The van der Waals surface area contributed by atoms with Crippen LogP contribution in [0.5, 0.6) is 0 Å². The quantitative estimate of drug-likeness (QED) is 0.665. The molecule has 7 heteroatoms. The largest absolute Gasteiger partial charge is 0.443 e. The molecular formula is C20H21ClN4O2. The molecule has 1 amide bonds. The van der Waals surface area contributed by atoms with E-state index in [9.17, 15) is 10.1 Å². The van der Waals surface area contributed by atoms with Crippen LogP contribution in [0.3, 0.4) is 0 Å². The molecular weight excluding hydrogens is 364 g/mol. The first-order valence-corrected chi connectivity index (χ1v) is 8.98. The highest BCUT2D eigenvalue weighted by molar-refractivity contribution is 6.28. The number of hydrogen-bond donors (Lipinski definition) is 0. The van der Waals surface area contributed by atoms with E-state index in [1.807, 2.05) is 40.7 Å². The summed E-state index contributed by atoms with van der Waals surface area (Å²) in [4.78, 5) is 22.4. The second kappa shape index (κ2) is 6.50. The number of anilines is 1. The molecule has 0 aliphatic carbocycles. The maximum atomic E-state index is 12.7. The normalized spacial score (nSPS) is 15.2. The van der Waals surface area contributed by atoms with Crippen molar-refractivity contribution in [2.75, 3.05) is 11.4 Å². The standard InChI is InChI=1S/C20H21ClN4O2/c1-19(2,3)27-18(26)25-11-20(4,5)14-9-12(8-13(10-22)16(14)25)15-6-7-23-17(21)24-15/h6-9H,11H2,1-5H3. The minimum atomic E-state index is -0.617. The zero-order valence-corrected chi connectivity index (χ0v) is 16.8. The smallest absolute Gasteiger partial charge is 0.414 e. The zero-order valence-electron chi connectivity index (χ0n) is 16.0. The van der Waals surface area contributed by atoms with Crippen LogP contribution in [0.1, 0.15) is 45.7 Å². The van der Waals surface area contributed by atoms with Gasteiger partial charge in [0.2, 0.25) is 5.28 Å². The van der Waals surface area contributed by atoms with Crippen LogP contribution in [-0.4, -0.2) is 28.2 Å². The van der Waals surface area contributed by atoms with Crippen LogP contribution in [0.2, 0.25) is 5.28 Å². The molecule has 140 valence electrons. The number of halogens is 1. The highest BCUT2D eigenvalue weighted by Crippen LogP contribution is 2.45. The third-order valence-electron chi connectivity index (χ3n) is 4.32. The molecule has 0 N–H and O–H groups in total. The number of nitrogens with zero attached hydrogens (tertiary/aromatic N) is 4. The molecule has 1 aromatic carbocycles. The fraction of sp³-hybridized carbons (Fsp3) is 0.400. The van der Waals surface area contributed by atoms with Crippen LogP contribution < -0.4 is 4.90 Å². The molecule has 1 aliphatic heterocycles. The van der Waals surface area contributed by atoms with Crippen molar-refractivity contribution in [3.05, 3.63) is 40.8 Å². The topological polar surface area (TPSA) is 79.1 Å². The van der Waals surface area contributed by atoms with Crippen molar-refractivity contribution < 1.29 is 9.53 Å². The minimum Gasteiger partial charge on any atom is -0.443 e. The molecule has 1 aromatic heterocycles. The van der Waals surface area contributed by atoms with Crippen molar-refractivity contribution in [2.24, 2.45) is 0 Å². The summed E-state index contributed by atoms with van der Waals surface area (Å²) >= 11 is 5.91. The van der Waals surface area contributed by atoms with Gasteiger partial charge in [0.05, 0.1) is 16.9 Å². The van der Waals surface area contributed by atoms with Gasteiger partial charge in [-0.2, -0.15) is 5.26 Å². The third-order valence-corrected chi connectivity index (χ3v) is 4.50. The number of benzene rings is 1. The van der Waals surface area contributed by atoms with Crippen molar-refractivity contribution >= 4 is 23.4 Å². The lowest BCUT2D eigenvalue weighted by atomic mass is 9.85. The molecule has 2 heterocycles. The number of nitriles is 1. The Hall–Kier alpha value is -2.65.